The SMILES string of the molecule is CC(O)/C=C/C1OC(=O)CC1Nc1ccc(C(=O)O)cc1. The lowest BCUT2D eigenvalue weighted by Gasteiger charge is -2.17. The standard InChI is InChI=1S/C15H17NO5/c1-9(17)2-7-13-12(8-14(18)21-13)16-11-5-3-10(4-6-11)15(19)20/h2-7,9,12-13,16-17H,8H2,1H3,(H,19,20)/b7-2+. The van der Waals surface area contributed by atoms with E-state index in [2.05, 4.69) is 5.32 Å². The Balaban J connectivity index is 2.05. The van der Waals surface area contributed by atoms with Crippen LogP contribution >= 0.6 is 0 Å². The number of hydrogen-bond donors (Lipinski definition) is 3. The van der Waals surface area contributed by atoms with Gasteiger partial charge in [0.15, 0.2) is 0 Å². The largest absolute Gasteiger partial charge is 0.478 e. The van der Waals surface area contributed by atoms with Gasteiger partial charge in [0.2, 0.25) is 0 Å². The van der Waals surface area contributed by atoms with E-state index in [1.807, 2.05) is 0 Å². The first-order valence-corrected chi connectivity index (χ1v) is 6.61. The molecule has 0 aromatic heterocycles. The van der Waals surface area contributed by atoms with Crippen LogP contribution in [0.3, 0.4) is 0 Å². The van der Waals surface area contributed by atoms with Crippen molar-refractivity contribution in [3.05, 3.63) is 42.0 Å². The molecule has 2 rings (SSSR count). The smallest absolute Gasteiger partial charge is 0.335 e. The lowest BCUT2D eigenvalue weighted by Crippen LogP contribution is -2.27. The summed E-state index contributed by atoms with van der Waals surface area (Å²) in [5, 5.41) is 21.2. The minimum Gasteiger partial charge on any atom is -0.478 e. The van der Waals surface area contributed by atoms with Gasteiger partial charge in [0.05, 0.1) is 24.1 Å². The topological polar surface area (TPSA) is 95.9 Å². The average molecular weight is 291 g/mol. The van der Waals surface area contributed by atoms with E-state index < -0.39 is 18.2 Å². The molecule has 1 fully saturated rings. The number of carboxylic acids is 1. The molecule has 1 aromatic rings. The number of aliphatic hydroxyl groups excluding tert-OH is 1. The Kier molecular flexibility index (Phi) is 4.59. The third kappa shape index (κ3) is 4.06. The molecular weight excluding hydrogens is 274 g/mol. The second kappa shape index (κ2) is 6.41. The summed E-state index contributed by atoms with van der Waals surface area (Å²) >= 11 is 0. The summed E-state index contributed by atoms with van der Waals surface area (Å²) in [5.74, 6) is -1.30. The fourth-order valence-electron chi connectivity index (χ4n) is 2.08. The Morgan fingerprint density at radius 3 is 2.67 bits per heavy atom. The number of hydrogen-bond acceptors (Lipinski definition) is 5. The molecule has 0 spiro atoms. The monoisotopic (exact) mass is 291 g/mol. The van der Waals surface area contributed by atoms with E-state index in [0.717, 1.165) is 0 Å². The minimum atomic E-state index is -0.987. The summed E-state index contributed by atoms with van der Waals surface area (Å²) in [6, 6.07) is 6.01. The van der Waals surface area contributed by atoms with Gasteiger partial charge < -0.3 is 20.3 Å². The van der Waals surface area contributed by atoms with Crippen molar-refractivity contribution in [2.45, 2.75) is 31.6 Å². The van der Waals surface area contributed by atoms with Gasteiger partial charge in [-0.15, -0.1) is 0 Å². The van der Waals surface area contributed by atoms with E-state index in [4.69, 9.17) is 9.84 Å². The van der Waals surface area contributed by atoms with Crippen molar-refractivity contribution < 1.29 is 24.5 Å². The molecule has 1 heterocycles. The van der Waals surface area contributed by atoms with Crippen LogP contribution in [0.4, 0.5) is 5.69 Å². The molecule has 1 aliphatic rings. The van der Waals surface area contributed by atoms with E-state index >= 15 is 0 Å². The fourth-order valence-corrected chi connectivity index (χ4v) is 2.08. The normalized spacial score (nSPS) is 23.0. The van der Waals surface area contributed by atoms with Gasteiger partial charge in [-0.05, 0) is 37.3 Å². The molecule has 0 radical (unpaired) electrons. The van der Waals surface area contributed by atoms with Crippen LogP contribution in [0.15, 0.2) is 36.4 Å². The first kappa shape index (κ1) is 15.1. The first-order chi connectivity index (χ1) is 9.95. The second-order valence-corrected chi connectivity index (χ2v) is 4.92. The highest BCUT2D eigenvalue weighted by atomic mass is 16.6. The number of esters is 1. The fraction of sp³-hybridized carbons (Fsp3) is 0.333. The number of carboxylic acid groups (broad SMARTS) is 1. The van der Waals surface area contributed by atoms with Gasteiger partial charge >= 0.3 is 11.9 Å². The van der Waals surface area contributed by atoms with Crippen LogP contribution in [0.25, 0.3) is 0 Å². The molecule has 0 bridgehead atoms. The van der Waals surface area contributed by atoms with E-state index in [-0.39, 0.29) is 24.0 Å². The van der Waals surface area contributed by atoms with Crippen molar-refractivity contribution in [1.29, 1.82) is 0 Å². The van der Waals surface area contributed by atoms with Crippen molar-refractivity contribution in [3.63, 3.8) is 0 Å². The molecule has 0 saturated carbocycles. The molecule has 3 atom stereocenters. The first-order valence-electron chi connectivity index (χ1n) is 6.61. The number of aliphatic hydroxyl groups is 1. The molecule has 1 saturated heterocycles. The Bertz CT molecular complexity index is 550. The Morgan fingerprint density at radius 1 is 1.43 bits per heavy atom. The van der Waals surface area contributed by atoms with Crippen LogP contribution in [-0.4, -0.2) is 40.4 Å². The molecule has 0 aliphatic carbocycles. The average Bonchev–Trinajstić information content (AvgIpc) is 2.77. The van der Waals surface area contributed by atoms with Crippen LogP contribution in [0, 0.1) is 0 Å². The number of nitrogens with one attached hydrogen (secondary N) is 1. The van der Waals surface area contributed by atoms with E-state index in [0.29, 0.717) is 5.69 Å². The van der Waals surface area contributed by atoms with Crippen LogP contribution in [0.1, 0.15) is 23.7 Å². The van der Waals surface area contributed by atoms with Crippen molar-refractivity contribution in [2.24, 2.45) is 0 Å². The zero-order valence-corrected chi connectivity index (χ0v) is 11.5. The molecule has 3 unspecified atom stereocenters. The number of benzene rings is 1. The summed E-state index contributed by atoms with van der Waals surface area (Å²) in [6.07, 6.45) is 2.37. The van der Waals surface area contributed by atoms with Crippen LogP contribution in [0.5, 0.6) is 0 Å². The molecule has 112 valence electrons. The number of ether oxygens (including phenoxy) is 1. The van der Waals surface area contributed by atoms with Crippen LogP contribution in [-0.2, 0) is 9.53 Å². The second-order valence-electron chi connectivity index (χ2n) is 4.92. The molecular formula is C15H17NO5. The predicted octanol–water partition coefficient (Wildman–Crippen LogP) is 1.42. The zero-order valence-electron chi connectivity index (χ0n) is 11.5. The number of rotatable bonds is 5. The predicted molar refractivity (Wildman–Crippen MR) is 76.1 cm³/mol. The summed E-state index contributed by atoms with van der Waals surface area (Å²) in [4.78, 5) is 22.2. The van der Waals surface area contributed by atoms with Gasteiger partial charge in [-0.3, -0.25) is 4.79 Å². The number of carbonyl (C=O) groups excluding carboxylic acids is 1. The third-order valence-corrected chi connectivity index (χ3v) is 3.11. The van der Waals surface area contributed by atoms with E-state index in [9.17, 15) is 14.7 Å². The summed E-state index contributed by atoms with van der Waals surface area (Å²) in [7, 11) is 0. The summed E-state index contributed by atoms with van der Waals surface area (Å²) in [6.45, 7) is 1.61. The summed E-state index contributed by atoms with van der Waals surface area (Å²) in [5.41, 5.74) is 0.906. The highest BCUT2D eigenvalue weighted by molar-refractivity contribution is 5.88. The maximum Gasteiger partial charge on any atom is 0.335 e. The molecule has 1 aliphatic heterocycles. The molecule has 3 N–H and O–H groups in total. The number of carbonyl (C=O) groups is 2. The Hall–Kier alpha value is -2.34. The van der Waals surface area contributed by atoms with Gasteiger partial charge in [0.25, 0.3) is 0 Å². The van der Waals surface area contributed by atoms with Crippen molar-refractivity contribution in [3.8, 4) is 0 Å². The molecule has 1 aromatic carbocycles. The number of cyclic esters (lactones) is 1. The lowest BCUT2D eigenvalue weighted by molar-refractivity contribution is -0.140. The number of aromatic carboxylic acids is 1. The van der Waals surface area contributed by atoms with Crippen LogP contribution < -0.4 is 5.32 Å². The number of anilines is 1. The maximum absolute atomic E-state index is 11.4. The highest BCUT2D eigenvalue weighted by Gasteiger charge is 2.33. The molecule has 6 nitrogen and oxygen atoms in total. The Labute approximate surface area is 122 Å². The third-order valence-electron chi connectivity index (χ3n) is 3.11. The van der Waals surface area contributed by atoms with Gasteiger partial charge in [-0.25, -0.2) is 4.79 Å². The van der Waals surface area contributed by atoms with Crippen molar-refractivity contribution >= 4 is 17.6 Å². The molecule has 0 amide bonds. The maximum atomic E-state index is 11.4. The Morgan fingerprint density at radius 2 is 2.10 bits per heavy atom. The van der Waals surface area contributed by atoms with Crippen LogP contribution in [0.2, 0.25) is 0 Å². The van der Waals surface area contributed by atoms with Crippen molar-refractivity contribution in [1.82, 2.24) is 0 Å². The summed E-state index contributed by atoms with van der Waals surface area (Å²) < 4.78 is 5.17. The molecule has 21 heavy (non-hydrogen) atoms. The molecule has 6 heteroatoms. The lowest BCUT2D eigenvalue weighted by atomic mass is 10.1. The highest BCUT2D eigenvalue weighted by Crippen LogP contribution is 2.21. The zero-order chi connectivity index (χ0) is 15.4. The van der Waals surface area contributed by atoms with Gasteiger partial charge in [0.1, 0.15) is 6.10 Å². The van der Waals surface area contributed by atoms with Gasteiger partial charge in [0, 0.05) is 5.69 Å². The minimum absolute atomic E-state index is 0.199. The van der Waals surface area contributed by atoms with Gasteiger partial charge in [-0.2, -0.15) is 0 Å². The van der Waals surface area contributed by atoms with E-state index in [1.54, 1.807) is 31.2 Å². The van der Waals surface area contributed by atoms with Gasteiger partial charge in [-0.1, -0.05) is 6.08 Å². The van der Waals surface area contributed by atoms with E-state index in [1.165, 1.54) is 12.1 Å². The quantitative estimate of drug-likeness (QED) is 0.561. The van der Waals surface area contributed by atoms with Crippen molar-refractivity contribution in [2.75, 3.05) is 5.32 Å².